The van der Waals surface area contributed by atoms with Gasteiger partial charge in [-0.3, -0.25) is 0 Å². The number of carbonyl (C=O) groups is 1. The third-order valence-electron chi connectivity index (χ3n) is 1.88. The van der Waals surface area contributed by atoms with Gasteiger partial charge in [-0.05, 0) is 26.0 Å². The second-order valence-electron chi connectivity index (χ2n) is 3.33. The zero-order valence-corrected chi connectivity index (χ0v) is 8.33. The first-order valence-corrected chi connectivity index (χ1v) is 4.38. The van der Waals surface area contributed by atoms with Crippen LogP contribution in [0.3, 0.4) is 0 Å². The molecule has 1 amide bonds. The van der Waals surface area contributed by atoms with E-state index in [1.807, 2.05) is 0 Å². The highest BCUT2D eigenvalue weighted by molar-refractivity contribution is 5.85. The first-order chi connectivity index (χ1) is 6.93. The van der Waals surface area contributed by atoms with E-state index in [0.717, 1.165) is 18.2 Å². The molecule has 0 spiro atoms. The van der Waals surface area contributed by atoms with Crippen LogP contribution in [0.5, 0.6) is 0 Å². The Labute approximate surface area is 85.9 Å². The van der Waals surface area contributed by atoms with Crippen LogP contribution in [0.1, 0.15) is 13.8 Å². The summed E-state index contributed by atoms with van der Waals surface area (Å²) < 4.78 is 26.1. The van der Waals surface area contributed by atoms with E-state index in [1.54, 1.807) is 13.8 Å². The summed E-state index contributed by atoms with van der Waals surface area (Å²) in [6, 6.07) is 2.10. The van der Waals surface area contributed by atoms with Crippen LogP contribution >= 0.6 is 0 Å². The number of carboxylic acid groups (broad SMARTS) is 1. The largest absolute Gasteiger partial charge is 0.530 e. The quantitative estimate of drug-likeness (QED) is 0.749. The van der Waals surface area contributed by atoms with Crippen LogP contribution < -0.4 is 10.0 Å². The maximum absolute atomic E-state index is 13.2. The lowest BCUT2D eigenvalue weighted by Gasteiger charge is -2.29. The van der Waals surface area contributed by atoms with Crippen molar-refractivity contribution >= 4 is 11.8 Å². The third-order valence-corrected chi connectivity index (χ3v) is 1.88. The van der Waals surface area contributed by atoms with Gasteiger partial charge >= 0.3 is 0 Å². The minimum Gasteiger partial charge on any atom is -0.530 e. The summed E-state index contributed by atoms with van der Waals surface area (Å²) in [6.45, 7) is 3.08. The zero-order chi connectivity index (χ0) is 11.6. The van der Waals surface area contributed by atoms with Crippen molar-refractivity contribution in [1.82, 2.24) is 0 Å². The van der Waals surface area contributed by atoms with E-state index in [2.05, 4.69) is 0 Å². The molecular formula is C10H10F2NO2-. The van der Waals surface area contributed by atoms with Crippen LogP contribution in [-0.2, 0) is 0 Å². The van der Waals surface area contributed by atoms with Crippen molar-refractivity contribution in [2.24, 2.45) is 0 Å². The van der Waals surface area contributed by atoms with E-state index in [1.165, 1.54) is 0 Å². The Hall–Kier alpha value is -1.65. The molecule has 15 heavy (non-hydrogen) atoms. The van der Waals surface area contributed by atoms with Crippen molar-refractivity contribution in [2.75, 3.05) is 4.90 Å². The van der Waals surface area contributed by atoms with Crippen molar-refractivity contribution in [3.8, 4) is 0 Å². The van der Waals surface area contributed by atoms with Gasteiger partial charge in [0.25, 0.3) is 0 Å². The number of benzene rings is 1. The van der Waals surface area contributed by atoms with Crippen LogP contribution in [0.2, 0.25) is 0 Å². The van der Waals surface area contributed by atoms with Gasteiger partial charge in [-0.2, -0.15) is 0 Å². The van der Waals surface area contributed by atoms with Gasteiger partial charge in [-0.25, -0.2) is 8.78 Å². The molecule has 0 saturated heterocycles. The Morgan fingerprint density at radius 2 is 2.00 bits per heavy atom. The predicted molar refractivity (Wildman–Crippen MR) is 49.4 cm³/mol. The molecule has 0 heterocycles. The number of carbonyl (C=O) groups excluding carboxylic acids is 1. The average molecular weight is 214 g/mol. The van der Waals surface area contributed by atoms with Gasteiger partial charge in [0.05, 0.1) is 5.69 Å². The first-order valence-electron chi connectivity index (χ1n) is 4.38. The molecule has 0 aliphatic carbocycles. The summed E-state index contributed by atoms with van der Waals surface area (Å²) in [5.41, 5.74) is -0.329. The van der Waals surface area contributed by atoms with Crippen molar-refractivity contribution in [3.63, 3.8) is 0 Å². The van der Waals surface area contributed by atoms with E-state index in [-0.39, 0.29) is 5.69 Å². The Kier molecular flexibility index (Phi) is 3.24. The highest BCUT2D eigenvalue weighted by Gasteiger charge is 2.16. The first kappa shape index (κ1) is 11.4. The summed E-state index contributed by atoms with van der Waals surface area (Å²) >= 11 is 0. The summed E-state index contributed by atoms with van der Waals surface area (Å²) in [5.74, 6) is -1.49. The Morgan fingerprint density at radius 1 is 1.40 bits per heavy atom. The molecule has 0 aliphatic rings. The van der Waals surface area contributed by atoms with E-state index in [0.29, 0.717) is 4.90 Å². The summed E-state index contributed by atoms with van der Waals surface area (Å²) in [7, 11) is 0. The molecule has 0 saturated carbocycles. The topological polar surface area (TPSA) is 43.4 Å². The number of nitrogens with zero attached hydrogens (tertiary/aromatic N) is 1. The molecule has 0 bridgehead atoms. The van der Waals surface area contributed by atoms with E-state index < -0.39 is 23.8 Å². The van der Waals surface area contributed by atoms with Gasteiger partial charge < -0.3 is 14.8 Å². The van der Waals surface area contributed by atoms with Gasteiger partial charge in [0.2, 0.25) is 0 Å². The van der Waals surface area contributed by atoms with Crippen molar-refractivity contribution in [3.05, 3.63) is 29.8 Å². The molecule has 0 aromatic heterocycles. The second-order valence-corrected chi connectivity index (χ2v) is 3.33. The van der Waals surface area contributed by atoms with Crippen LogP contribution in [0.25, 0.3) is 0 Å². The standard InChI is InChI=1S/C10H11F2NO2/c1-6(2)13(10(14)15)9-5-7(11)3-4-8(9)12/h3-6H,1-2H3,(H,14,15)/p-1. The fourth-order valence-corrected chi connectivity index (χ4v) is 1.26. The van der Waals surface area contributed by atoms with E-state index in [4.69, 9.17) is 0 Å². The van der Waals surface area contributed by atoms with Gasteiger partial charge in [0.1, 0.15) is 17.7 Å². The SMILES string of the molecule is CC(C)N(C(=O)[O-])c1cc(F)ccc1F. The van der Waals surface area contributed by atoms with E-state index in [9.17, 15) is 18.7 Å². The molecule has 0 fully saturated rings. The number of rotatable bonds is 2. The number of hydrogen-bond donors (Lipinski definition) is 0. The maximum Gasteiger partial charge on any atom is 0.147 e. The molecule has 82 valence electrons. The van der Waals surface area contributed by atoms with Gasteiger partial charge in [0.15, 0.2) is 0 Å². The maximum atomic E-state index is 13.2. The average Bonchev–Trinajstić information content (AvgIpc) is 2.10. The van der Waals surface area contributed by atoms with Crippen LogP contribution in [-0.4, -0.2) is 12.1 Å². The summed E-state index contributed by atoms with van der Waals surface area (Å²) in [6.07, 6.45) is -1.56. The molecule has 0 unspecified atom stereocenters. The third kappa shape index (κ3) is 2.43. The predicted octanol–water partition coefficient (Wildman–Crippen LogP) is 1.52. The monoisotopic (exact) mass is 214 g/mol. The Bertz CT molecular complexity index is 380. The molecular weight excluding hydrogens is 204 g/mol. The lowest BCUT2D eigenvalue weighted by atomic mass is 10.2. The number of amides is 1. The molecule has 3 nitrogen and oxygen atoms in total. The van der Waals surface area contributed by atoms with Crippen LogP contribution in [0, 0.1) is 11.6 Å². The fourth-order valence-electron chi connectivity index (χ4n) is 1.26. The molecule has 0 N–H and O–H groups in total. The fraction of sp³-hybridized carbons (Fsp3) is 0.300. The van der Waals surface area contributed by atoms with Gasteiger partial charge in [-0.15, -0.1) is 0 Å². The molecule has 1 rings (SSSR count). The molecule has 5 heteroatoms. The molecule has 0 atom stereocenters. The number of halogens is 2. The van der Waals surface area contributed by atoms with Crippen molar-refractivity contribution < 1.29 is 18.7 Å². The minimum atomic E-state index is -1.56. The normalized spacial score (nSPS) is 10.5. The van der Waals surface area contributed by atoms with Crippen LogP contribution in [0.4, 0.5) is 19.3 Å². The smallest absolute Gasteiger partial charge is 0.147 e. The highest BCUT2D eigenvalue weighted by Crippen LogP contribution is 2.22. The lowest BCUT2D eigenvalue weighted by molar-refractivity contribution is -0.247. The number of anilines is 1. The molecule has 0 radical (unpaired) electrons. The Balaban J connectivity index is 3.22. The molecule has 0 aliphatic heterocycles. The minimum absolute atomic E-state index is 0.329. The Morgan fingerprint density at radius 3 is 2.47 bits per heavy atom. The summed E-state index contributed by atoms with van der Waals surface area (Å²) in [5, 5.41) is 10.7. The zero-order valence-electron chi connectivity index (χ0n) is 8.33. The summed E-state index contributed by atoms with van der Waals surface area (Å²) in [4.78, 5) is 11.4. The molecule has 1 aromatic rings. The van der Waals surface area contributed by atoms with Crippen molar-refractivity contribution in [2.45, 2.75) is 19.9 Å². The van der Waals surface area contributed by atoms with Gasteiger partial charge in [0, 0.05) is 12.1 Å². The van der Waals surface area contributed by atoms with E-state index >= 15 is 0 Å². The highest BCUT2D eigenvalue weighted by atomic mass is 19.1. The second kappa shape index (κ2) is 4.25. The van der Waals surface area contributed by atoms with Crippen molar-refractivity contribution in [1.29, 1.82) is 0 Å². The molecule has 1 aromatic carbocycles. The lowest BCUT2D eigenvalue weighted by Crippen LogP contribution is -2.46. The van der Waals surface area contributed by atoms with Crippen LogP contribution in [0.15, 0.2) is 18.2 Å². The number of hydrogen-bond acceptors (Lipinski definition) is 2. The van der Waals surface area contributed by atoms with Gasteiger partial charge in [-0.1, -0.05) is 0 Å².